The predicted octanol–water partition coefficient (Wildman–Crippen LogP) is 2.60. The summed E-state index contributed by atoms with van der Waals surface area (Å²) >= 11 is 0. The van der Waals surface area contributed by atoms with Crippen molar-refractivity contribution in [2.75, 3.05) is 25.0 Å². The smallest absolute Gasteiger partial charge is 0.325 e. The summed E-state index contributed by atoms with van der Waals surface area (Å²) in [6.07, 6.45) is 0.583. The minimum absolute atomic E-state index is 0.182. The van der Waals surface area contributed by atoms with E-state index in [0.717, 1.165) is 11.1 Å². The number of rotatable bonds is 6. The second-order valence-corrected chi connectivity index (χ2v) is 9.79. The summed E-state index contributed by atoms with van der Waals surface area (Å²) in [6, 6.07) is 12.8. The Morgan fingerprint density at radius 2 is 1.67 bits per heavy atom. The molecular weight excluding hydrogens is 446 g/mol. The van der Waals surface area contributed by atoms with Crippen LogP contribution in [0.1, 0.15) is 24.0 Å². The van der Waals surface area contributed by atoms with E-state index >= 15 is 0 Å². The molecule has 1 heterocycles. The van der Waals surface area contributed by atoms with Gasteiger partial charge in [-0.15, -0.1) is 0 Å². The molecule has 0 aromatic heterocycles. The monoisotopic (exact) mass is 473 g/mol. The molecule has 0 bridgehead atoms. The van der Waals surface area contributed by atoms with Gasteiger partial charge in [0.05, 0.1) is 10.8 Å². The van der Waals surface area contributed by atoms with Crippen LogP contribution in [0.15, 0.2) is 53.4 Å². The number of nitrogens with one attached hydrogen (secondary N) is 2. The third-order valence-electron chi connectivity index (χ3n) is 5.62. The number of anilines is 1. The number of ether oxygens (including phenoxy) is 1. The molecule has 10 heteroatoms. The summed E-state index contributed by atoms with van der Waals surface area (Å²) in [5, 5.41) is 4.72. The summed E-state index contributed by atoms with van der Waals surface area (Å²) in [6.45, 7) is 3.53. The van der Waals surface area contributed by atoms with Gasteiger partial charge in [-0.25, -0.2) is 13.2 Å². The van der Waals surface area contributed by atoms with E-state index in [0.29, 0.717) is 18.5 Å². The van der Waals surface area contributed by atoms with Gasteiger partial charge in [0.1, 0.15) is 0 Å². The van der Waals surface area contributed by atoms with Crippen LogP contribution in [-0.4, -0.2) is 50.3 Å². The van der Waals surface area contributed by atoms with E-state index in [1.165, 1.54) is 16.4 Å². The lowest BCUT2D eigenvalue weighted by atomic mass is 9.98. The van der Waals surface area contributed by atoms with Crippen LogP contribution in [0.2, 0.25) is 0 Å². The van der Waals surface area contributed by atoms with Crippen molar-refractivity contribution >= 4 is 33.6 Å². The first kappa shape index (κ1) is 24.4. The van der Waals surface area contributed by atoms with E-state index in [2.05, 4.69) is 10.6 Å². The molecule has 0 spiro atoms. The van der Waals surface area contributed by atoms with Crippen molar-refractivity contribution in [1.29, 1.82) is 0 Å². The van der Waals surface area contributed by atoms with Gasteiger partial charge in [0.15, 0.2) is 6.61 Å². The van der Waals surface area contributed by atoms with Gasteiger partial charge in [-0.05, 0) is 56.0 Å². The number of hydrogen-bond donors (Lipinski definition) is 2. The standard InChI is InChI=1S/C23H27N3O6S/c1-16-7-6-10-20(17(16)2)24-23(29)25-21(27)15-32-22(28)18-11-13-26(14-12-18)33(30,31)19-8-4-3-5-9-19/h3-10,18H,11-15H2,1-2H3,(H2,24,25,27,29). The molecule has 2 aromatic carbocycles. The van der Waals surface area contributed by atoms with Crippen molar-refractivity contribution in [3.8, 4) is 0 Å². The van der Waals surface area contributed by atoms with Crippen molar-refractivity contribution in [3.05, 3.63) is 59.7 Å². The summed E-state index contributed by atoms with van der Waals surface area (Å²) in [7, 11) is -3.61. The maximum absolute atomic E-state index is 12.7. The first-order chi connectivity index (χ1) is 15.7. The Morgan fingerprint density at radius 3 is 2.33 bits per heavy atom. The highest BCUT2D eigenvalue weighted by atomic mass is 32.2. The third kappa shape index (κ3) is 6.17. The lowest BCUT2D eigenvalue weighted by molar-refractivity contribution is -0.153. The minimum atomic E-state index is -3.61. The molecule has 0 aliphatic carbocycles. The van der Waals surface area contributed by atoms with Crippen molar-refractivity contribution in [2.24, 2.45) is 5.92 Å². The van der Waals surface area contributed by atoms with Crippen LogP contribution in [0, 0.1) is 19.8 Å². The fraction of sp³-hybridized carbons (Fsp3) is 0.348. The zero-order chi connectivity index (χ0) is 24.0. The highest BCUT2D eigenvalue weighted by Gasteiger charge is 2.33. The molecule has 3 rings (SSSR count). The first-order valence-electron chi connectivity index (χ1n) is 10.6. The van der Waals surface area contributed by atoms with Crippen LogP contribution < -0.4 is 10.6 Å². The Kier molecular flexibility index (Phi) is 7.83. The predicted molar refractivity (Wildman–Crippen MR) is 122 cm³/mol. The maximum atomic E-state index is 12.7. The van der Waals surface area contributed by atoms with Crippen LogP contribution in [-0.2, 0) is 24.3 Å². The lowest BCUT2D eigenvalue weighted by Gasteiger charge is -2.30. The molecule has 1 fully saturated rings. The Morgan fingerprint density at radius 1 is 1.00 bits per heavy atom. The quantitative estimate of drug-likeness (QED) is 0.622. The highest BCUT2D eigenvalue weighted by molar-refractivity contribution is 7.89. The number of hydrogen-bond acceptors (Lipinski definition) is 6. The van der Waals surface area contributed by atoms with Crippen molar-refractivity contribution in [2.45, 2.75) is 31.6 Å². The van der Waals surface area contributed by atoms with E-state index < -0.39 is 40.5 Å². The van der Waals surface area contributed by atoms with Crippen LogP contribution >= 0.6 is 0 Å². The number of carbonyl (C=O) groups excluding carboxylic acids is 3. The first-order valence-corrected chi connectivity index (χ1v) is 12.0. The zero-order valence-corrected chi connectivity index (χ0v) is 19.4. The molecule has 0 radical (unpaired) electrons. The van der Waals surface area contributed by atoms with Gasteiger partial charge in [-0.3, -0.25) is 14.9 Å². The normalized spacial score (nSPS) is 15.0. The molecule has 1 aliphatic rings. The fourth-order valence-corrected chi connectivity index (χ4v) is 5.02. The number of benzene rings is 2. The van der Waals surface area contributed by atoms with Crippen molar-refractivity contribution in [1.82, 2.24) is 9.62 Å². The highest BCUT2D eigenvalue weighted by Crippen LogP contribution is 2.24. The van der Waals surface area contributed by atoms with Crippen molar-refractivity contribution < 1.29 is 27.5 Å². The molecule has 2 N–H and O–H groups in total. The number of amides is 3. The molecule has 33 heavy (non-hydrogen) atoms. The van der Waals surface area contributed by atoms with E-state index in [1.807, 2.05) is 19.9 Å². The Balaban J connectivity index is 1.43. The number of piperidine rings is 1. The van der Waals surface area contributed by atoms with Gasteiger partial charge in [0.25, 0.3) is 5.91 Å². The van der Waals surface area contributed by atoms with E-state index in [9.17, 15) is 22.8 Å². The molecule has 2 aromatic rings. The molecular formula is C23H27N3O6S. The van der Waals surface area contributed by atoms with Gasteiger partial charge in [0.2, 0.25) is 10.0 Å². The summed E-state index contributed by atoms with van der Waals surface area (Å²) in [4.78, 5) is 36.5. The van der Waals surface area contributed by atoms with Crippen LogP contribution in [0.3, 0.4) is 0 Å². The van der Waals surface area contributed by atoms with Gasteiger partial charge in [-0.2, -0.15) is 4.31 Å². The third-order valence-corrected chi connectivity index (χ3v) is 7.53. The second kappa shape index (κ2) is 10.6. The Hall–Kier alpha value is -3.24. The van der Waals surface area contributed by atoms with Crippen molar-refractivity contribution in [3.63, 3.8) is 0 Å². The van der Waals surface area contributed by atoms with Gasteiger partial charge >= 0.3 is 12.0 Å². The maximum Gasteiger partial charge on any atom is 0.325 e. The molecule has 0 atom stereocenters. The number of aryl methyl sites for hydroxylation is 1. The Bertz CT molecular complexity index is 1130. The molecule has 176 valence electrons. The topological polar surface area (TPSA) is 122 Å². The summed E-state index contributed by atoms with van der Waals surface area (Å²) in [5.74, 6) is -1.85. The summed E-state index contributed by atoms with van der Waals surface area (Å²) in [5.41, 5.74) is 2.46. The van der Waals surface area contributed by atoms with E-state index in [-0.39, 0.29) is 18.0 Å². The molecule has 0 saturated carbocycles. The van der Waals surface area contributed by atoms with Gasteiger partial charge in [-0.1, -0.05) is 30.3 Å². The number of nitrogens with zero attached hydrogens (tertiary/aromatic N) is 1. The Labute approximate surface area is 193 Å². The SMILES string of the molecule is Cc1cccc(NC(=O)NC(=O)COC(=O)C2CCN(S(=O)(=O)c3ccccc3)CC2)c1C. The van der Waals surface area contributed by atoms with E-state index in [1.54, 1.807) is 30.3 Å². The van der Waals surface area contributed by atoms with Gasteiger partial charge in [0, 0.05) is 18.8 Å². The van der Waals surface area contributed by atoms with Crippen LogP contribution in [0.4, 0.5) is 10.5 Å². The number of urea groups is 1. The van der Waals surface area contributed by atoms with Gasteiger partial charge < -0.3 is 10.1 Å². The molecule has 1 aliphatic heterocycles. The molecule has 0 unspecified atom stereocenters. The zero-order valence-electron chi connectivity index (χ0n) is 18.5. The lowest BCUT2D eigenvalue weighted by Crippen LogP contribution is -2.41. The number of esters is 1. The second-order valence-electron chi connectivity index (χ2n) is 7.85. The molecule has 9 nitrogen and oxygen atoms in total. The molecule has 1 saturated heterocycles. The number of imide groups is 1. The molecule has 3 amide bonds. The van der Waals surface area contributed by atoms with E-state index in [4.69, 9.17) is 4.74 Å². The largest absolute Gasteiger partial charge is 0.455 e. The fourth-order valence-electron chi connectivity index (χ4n) is 3.53. The van der Waals surface area contributed by atoms with Crippen LogP contribution in [0.5, 0.6) is 0 Å². The van der Waals surface area contributed by atoms with Crippen LogP contribution in [0.25, 0.3) is 0 Å². The minimum Gasteiger partial charge on any atom is -0.455 e. The average molecular weight is 474 g/mol. The number of carbonyl (C=O) groups is 3. The number of sulfonamides is 1. The summed E-state index contributed by atoms with van der Waals surface area (Å²) < 4.78 is 31.7. The average Bonchev–Trinajstić information content (AvgIpc) is 2.81.